The van der Waals surface area contributed by atoms with Gasteiger partial charge in [-0.3, -0.25) is 0 Å². The smallest absolute Gasteiger partial charge is 0.226 e. The van der Waals surface area contributed by atoms with Crippen LogP contribution in [0, 0.1) is 0 Å². The Kier molecular flexibility index (Phi) is 3.92. The number of hydrogen-bond acceptors (Lipinski definition) is 3. The second-order valence-electron chi connectivity index (χ2n) is 3.11. The van der Waals surface area contributed by atoms with E-state index in [0.29, 0.717) is 0 Å². The van der Waals surface area contributed by atoms with Gasteiger partial charge in [-0.05, 0) is 27.7 Å². The Morgan fingerprint density at radius 2 is 1.62 bits per heavy atom. The first-order chi connectivity index (χ1) is 5.59. The Morgan fingerprint density at radius 3 is 1.85 bits per heavy atom. The number of sulfonamides is 1. The summed E-state index contributed by atoms with van der Waals surface area (Å²) in [6.45, 7) is 5.65. The van der Waals surface area contributed by atoms with E-state index in [0.717, 1.165) is 0 Å². The summed E-state index contributed by atoms with van der Waals surface area (Å²) in [6.07, 6.45) is 0. The molecule has 13 heavy (non-hydrogen) atoms. The van der Waals surface area contributed by atoms with Crippen molar-refractivity contribution >= 4 is 24.9 Å². The Balaban J connectivity index is 5.10. The number of nitrogens with one attached hydrogen (secondary N) is 1. The average Bonchev–Trinajstić information content (AvgIpc) is 1.83. The predicted molar refractivity (Wildman–Crippen MR) is 54.3 cm³/mol. The van der Waals surface area contributed by atoms with Gasteiger partial charge in [-0.25, -0.2) is 12.6 Å². The van der Waals surface area contributed by atoms with Crippen LogP contribution in [0.3, 0.4) is 0 Å². The van der Waals surface area contributed by atoms with E-state index >= 15 is 0 Å². The fourth-order valence-corrected chi connectivity index (χ4v) is 3.03. The van der Waals surface area contributed by atoms with Crippen LogP contribution < -0.4 is 4.13 Å². The zero-order valence-electron chi connectivity index (χ0n) is 8.07. The second kappa shape index (κ2) is 3.95. The first-order valence-corrected chi connectivity index (χ1v) is 6.75. The monoisotopic (exact) mass is 229 g/mol. The van der Waals surface area contributed by atoms with Crippen LogP contribution in [-0.2, 0) is 20.0 Å². The van der Waals surface area contributed by atoms with Crippen molar-refractivity contribution in [2.24, 2.45) is 0 Å². The topological polar surface area (TPSA) is 83.5 Å². The van der Waals surface area contributed by atoms with E-state index in [1.807, 2.05) is 0 Å². The van der Waals surface area contributed by atoms with Gasteiger partial charge in [0.15, 0.2) is 9.99 Å². The highest BCUT2D eigenvalue weighted by atomic mass is 32.3. The molecule has 0 aliphatic rings. The summed E-state index contributed by atoms with van der Waals surface area (Å²) in [4.78, 5) is 0.136. The Morgan fingerprint density at radius 1 is 1.23 bits per heavy atom. The molecule has 1 atom stereocenters. The standard InChI is InChI=1S/C6H15NO4S2/c1-5(2)12(8,9)7-13(10,11)6(3)4/h5H,1-4H3,(H2,7,10,11). The Bertz CT molecular complexity index is 383. The van der Waals surface area contributed by atoms with Gasteiger partial charge in [-0.2, -0.15) is 0 Å². The normalized spacial score (nSPS) is 17.1. The van der Waals surface area contributed by atoms with Crippen molar-refractivity contribution in [1.29, 1.82) is 0 Å². The van der Waals surface area contributed by atoms with Gasteiger partial charge >= 0.3 is 0 Å². The van der Waals surface area contributed by atoms with Crippen LogP contribution in [0.25, 0.3) is 0 Å². The fourth-order valence-electron chi connectivity index (χ4n) is 0.337. The molecule has 80 valence electrons. The van der Waals surface area contributed by atoms with Gasteiger partial charge in [0.1, 0.15) is 0 Å². The van der Waals surface area contributed by atoms with Crippen molar-refractivity contribution in [3.8, 4) is 0 Å². The van der Waals surface area contributed by atoms with Gasteiger partial charge in [-0.1, -0.05) is 0 Å². The molecule has 0 aromatic heterocycles. The molecule has 2 N–H and O–H groups in total. The van der Waals surface area contributed by atoms with E-state index in [-0.39, 0.29) is 4.86 Å². The van der Waals surface area contributed by atoms with Crippen LogP contribution in [0.5, 0.6) is 0 Å². The number of rotatable bonds is 3. The molecule has 7 heteroatoms. The van der Waals surface area contributed by atoms with Crippen LogP contribution in [0.1, 0.15) is 27.7 Å². The molecule has 0 aromatic rings. The van der Waals surface area contributed by atoms with Gasteiger partial charge in [0, 0.05) is 4.86 Å². The van der Waals surface area contributed by atoms with Gasteiger partial charge in [0.2, 0.25) is 10.0 Å². The van der Waals surface area contributed by atoms with Crippen LogP contribution >= 0.6 is 0 Å². The molecule has 0 bridgehead atoms. The molecule has 0 aliphatic heterocycles. The quantitative estimate of drug-likeness (QED) is 0.677. The van der Waals surface area contributed by atoms with E-state index < -0.39 is 25.3 Å². The summed E-state index contributed by atoms with van der Waals surface area (Å²) in [5.74, 6) is 0. The minimum atomic E-state index is -3.70. The molecule has 0 saturated carbocycles. The second-order valence-corrected chi connectivity index (χ2v) is 7.68. The van der Waals surface area contributed by atoms with Crippen LogP contribution in [0.2, 0.25) is 0 Å². The molecular formula is C6H15NO4S2. The van der Waals surface area contributed by atoms with Crippen LogP contribution in [0.15, 0.2) is 0 Å². The van der Waals surface area contributed by atoms with E-state index in [2.05, 4.69) is 0 Å². The molecule has 0 rings (SSSR count). The summed E-state index contributed by atoms with van der Waals surface area (Å²) in [5.41, 5.74) is 0. The summed E-state index contributed by atoms with van der Waals surface area (Å²) >= 11 is 0. The largest absolute Gasteiger partial charge is 0.302 e. The maximum absolute atomic E-state index is 11.2. The van der Waals surface area contributed by atoms with Crippen molar-refractivity contribution in [3.63, 3.8) is 0 Å². The summed E-state index contributed by atoms with van der Waals surface area (Å²) in [6, 6.07) is 0. The fraction of sp³-hybridized carbons (Fsp3) is 0.833. The van der Waals surface area contributed by atoms with Crippen molar-refractivity contribution in [2.45, 2.75) is 32.9 Å². The maximum Gasteiger partial charge on any atom is 0.226 e. The zero-order chi connectivity index (χ0) is 10.9. The summed E-state index contributed by atoms with van der Waals surface area (Å²) in [7, 11) is -7.27. The number of hydrogen-bond donors (Lipinski definition) is 2. The van der Waals surface area contributed by atoms with Crippen molar-refractivity contribution in [3.05, 3.63) is 0 Å². The first-order valence-electron chi connectivity index (χ1n) is 3.69. The van der Waals surface area contributed by atoms with Crippen LogP contribution in [0.4, 0.5) is 0 Å². The lowest BCUT2D eigenvalue weighted by Gasteiger charge is -2.11. The first kappa shape index (κ1) is 12.9. The molecule has 0 spiro atoms. The lowest BCUT2D eigenvalue weighted by atomic mass is 10.6. The highest BCUT2D eigenvalue weighted by Gasteiger charge is 2.20. The highest BCUT2D eigenvalue weighted by molar-refractivity contribution is 8.07. The lowest BCUT2D eigenvalue weighted by Crippen LogP contribution is -2.37. The predicted octanol–water partition coefficient (Wildman–Crippen LogP) is 0.199. The van der Waals surface area contributed by atoms with E-state index in [4.69, 9.17) is 0 Å². The van der Waals surface area contributed by atoms with Crippen LogP contribution in [-0.4, -0.2) is 27.3 Å². The third-order valence-corrected chi connectivity index (χ3v) is 5.58. The Hall–Kier alpha value is -0.110. The van der Waals surface area contributed by atoms with Crippen molar-refractivity contribution in [2.75, 3.05) is 0 Å². The highest BCUT2D eigenvalue weighted by Crippen LogP contribution is 1.99. The average molecular weight is 229 g/mol. The molecule has 0 fully saturated rings. The summed E-state index contributed by atoms with van der Waals surface area (Å²) < 4.78 is 44.5. The lowest BCUT2D eigenvalue weighted by molar-refractivity contribution is 0.546. The molecule has 5 nitrogen and oxygen atoms in total. The minimum Gasteiger partial charge on any atom is -0.302 e. The van der Waals surface area contributed by atoms with Gasteiger partial charge in [0.05, 0.1) is 5.25 Å². The van der Waals surface area contributed by atoms with E-state index in [1.165, 1.54) is 27.7 Å². The maximum atomic E-state index is 11.2. The Labute approximate surface area is 79.6 Å². The SMILES string of the molecule is CC(C)=S(=O)(O)NS(=O)(=O)C(C)C. The molecule has 0 heterocycles. The molecule has 0 radical (unpaired) electrons. The molecule has 0 amide bonds. The van der Waals surface area contributed by atoms with Crippen molar-refractivity contribution < 1.29 is 17.2 Å². The minimum absolute atomic E-state index is 0.136. The van der Waals surface area contributed by atoms with Gasteiger partial charge in [-0.15, -0.1) is 4.13 Å². The molecule has 0 aromatic carbocycles. The van der Waals surface area contributed by atoms with E-state index in [1.54, 1.807) is 4.13 Å². The summed E-state index contributed by atoms with van der Waals surface area (Å²) in [5, 5.41) is -0.722. The third-order valence-electron chi connectivity index (χ3n) is 1.40. The molecular weight excluding hydrogens is 214 g/mol. The molecule has 0 saturated heterocycles. The molecule has 0 aliphatic carbocycles. The van der Waals surface area contributed by atoms with Gasteiger partial charge < -0.3 is 4.55 Å². The molecule has 1 unspecified atom stereocenters. The third kappa shape index (κ3) is 3.63. The van der Waals surface area contributed by atoms with Gasteiger partial charge in [0.25, 0.3) is 0 Å². The van der Waals surface area contributed by atoms with E-state index in [9.17, 15) is 17.2 Å². The van der Waals surface area contributed by atoms with Crippen molar-refractivity contribution in [1.82, 2.24) is 4.13 Å². The zero-order valence-corrected chi connectivity index (χ0v) is 9.70.